The normalized spacial score (nSPS) is 11.5. The Kier molecular flexibility index (Phi) is 15.1. The summed E-state index contributed by atoms with van der Waals surface area (Å²) in [6, 6.07) is 0. The van der Waals surface area contributed by atoms with Crippen LogP contribution in [0.15, 0.2) is 0 Å². The van der Waals surface area contributed by atoms with Gasteiger partial charge in [-0.25, -0.2) is 0 Å². The Balaban J connectivity index is 3.12. The summed E-state index contributed by atoms with van der Waals surface area (Å²) in [6.07, 6.45) is 4.25. The van der Waals surface area contributed by atoms with E-state index in [1.54, 1.807) is 0 Å². The van der Waals surface area contributed by atoms with Crippen molar-refractivity contribution in [2.75, 3.05) is 39.6 Å². The molecule has 0 bridgehead atoms. The van der Waals surface area contributed by atoms with Crippen LogP contribution in [0.1, 0.15) is 59.8 Å². The predicted octanol–water partition coefficient (Wildman–Crippen LogP) is 3.87. The second-order valence-corrected chi connectivity index (χ2v) is 6.59. The van der Waals surface area contributed by atoms with Gasteiger partial charge < -0.3 is 14.2 Å². The Morgan fingerprint density at radius 1 is 0.682 bits per heavy atom. The Bertz CT molecular complexity index is 251. The fourth-order valence-electron chi connectivity index (χ4n) is 1.81. The van der Waals surface area contributed by atoms with Crippen molar-refractivity contribution in [3.05, 3.63) is 0 Å². The van der Waals surface area contributed by atoms with Crippen LogP contribution in [0.2, 0.25) is 0 Å². The molecular weight excluding hydrogens is 280 g/mol. The smallest absolute Gasteiger partial charge is 0.133 e. The molecule has 0 N–H and O–H groups in total. The molecule has 0 heterocycles. The van der Waals surface area contributed by atoms with Gasteiger partial charge in [-0.15, -0.1) is 0 Å². The molecule has 0 aliphatic carbocycles. The maximum atomic E-state index is 11.6. The van der Waals surface area contributed by atoms with Crippen LogP contribution < -0.4 is 0 Å². The van der Waals surface area contributed by atoms with Gasteiger partial charge in [-0.3, -0.25) is 4.79 Å². The number of ketones is 1. The molecule has 0 aromatic carbocycles. The van der Waals surface area contributed by atoms with Crippen LogP contribution in [-0.2, 0) is 19.0 Å². The minimum Gasteiger partial charge on any atom is -0.379 e. The highest BCUT2D eigenvalue weighted by molar-refractivity contribution is 5.78. The summed E-state index contributed by atoms with van der Waals surface area (Å²) in [5, 5.41) is 0. The zero-order valence-corrected chi connectivity index (χ0v) is 15.1. The molecular formula is C18H36O4. The molecule has 4 nitrogen and oxygen atoms in total. The number of rotatable bonds is 16. The van der Waals surface area contributed by atoms with Crippen LogP contribution in [0.4, 0.5) is 0 Å². The second kappa shape index (κ2) is 15.4. The first-order chi connectivity index (χ1) is 10.5. The van der Waals surface area contributed by atoms with Crippen molar-refractivity contribution in [3.63, 3.8) is 0 Å². The molecule has 0 aliphatic rings. The van der Waals surface area contributed by atoms with E-state index in [2.05, 4.69) is 27.7 Å². The second-order valence-electron chi connectivity index (χ2n) is 6.59. The quantitative estimate of drug-likeness (QED) is 0.406. The highest BCUT2D eigenvalue weighted by Gasteiger charge is 2.03. The third kappa shape index (κ3) is 17.6. The van der Waals surface area contributed by atoms with Gasteiger partial charge in [-0.2, -0.15) is 0 Å². The molecule has 22 heavy (non-hydrogen) atoms. The van der Waals surface area contributed by atoms with Crippen molar-refractivity contribution in [1.82, 2.24) is 0 Å². The van der Waals surface area contributed by atoms with Gasteiger partial charge in [0.25, 0.3) is 0 Å². The number of carbonyl (C=O) groups excluding carboxylic acids is 1. The minimum atomic E-state index is 0.354. The van der Waals surface area contributed by atoms with E-state index in [0.717, 1.165) is 25.9 Å². The molecule has 0 amide bonds. The third-order valence-corrected chi connectivity index (χ3v) is 3.33. The number of Topliss-reactive ketones (excluding diaryl/α,β-unsaturated/α-hetero) is 1. The maximum absolute atomic E-state index is 11.6. The lowest BCUT2D eigenvalue weighted by atomic mass is 10.0. The van der Waals surface area contributed by atoms with Gasteiger partial charge in [0.15, 0.2) is 0 Å². The van der Waals surface area contributed by atoms with E-state index < -0.39 is 0 Å². The fraction of sp³-hybridized carbons (Fsp3) is 0.944. The highest BCUT2D eigenvalue weighted by atomic mass is 16.5. The molecule has 0 fully saturated rings. The molecule has 0 aromatic heterocycles. The van der Waals surface area contributed by atoms with Crippen molar-refractivity contribution in [3.8, 4) is 0 Å². The Morgan fingerprint density at radius 3 is 1.73 bits per heavy atom. The van der Waals surface area contributed by atoms with E-state index in [0.29, 0.717) is 63.5 Å². The summed E-state index contributed by atoms with van der Waals surface area (Å²) in [4.78, 5) is 11.6. The van der Waals surface area contributed by atoms with E-state index in [-0.39, 0.29) is 0 Å². The maximum Gasteiger partial charge on any atom is 0.133 e. The summed E-state index contributed by atoms with van der Waals surface area (Å²) in [5.74, 6) is 1.64. The van der Waals surface area contributed by atoms with Crippen LogP contribution in [-0.4, -0.2) is 45.4 Å². The molecule has 0 aliphatic heterocycles. The van der Waals surface area contributed by atoms with E-state index in [1.165, 1.54) is 0 Å². The molecule has 0 atom stereocenters. The molecule has 0 aromatic rings. The predicted molar refractivity (Wildman–Crippen MR) is 90.2 cm³/mol. The first-order valence-electron chi connectivity index (χ1n) is 8.77. The highest BCUT2D eigenvalue weighted by Crippen LogP contribution is 2.06. The molecule has 0 unspecified atom stereocenters. The lowest BCUT2D eigenvalue weighted by Gasteiger charge is -2.08. The summed E-state index contributed by atoms with van der Waals surface area (Å²) < 4.78 is 16.3. The number of ether oxygens (including phenoxy) is 3. The summed E-state index contributed by atoms with van der Waals surface area (Å²) in [7, 11) is 0. The number of hydrogen-bond donors (Lipinski definition) is 0. The monoisotopic (exact) mass is 316 g/mol. The Labute approximate surface area is 136 Å². The zero-order chi connectivity index (χ0) is 16.6. The topological polar surface area (TPSA) is 44.8 Å². The van der Waals surface area contributed by atoms with Crippen LogP contribution in [0.25, 0.3) is 0 Å². The lowest BCUT2D eigenvalue weighted by Crippen LogP contribution is -2.11. The van der Waals surface area contributed by atoms with Gasteiger partial charge in [0.2, 0.25) is 0 Å². The Hall–Kier alpha value is -0.450. The minimum absolute atomic E-state index is 0.354. The number of hydrogen-bond acceptors (Lipinski definition) is 4. The average Bonchev–Trinajstić information content (AvgIpc) is 2.45. The van der Waals surface area contributed by atoms with E-state index in [1.807, 2.05) is 0 Å². The van der Waals surface area contributed by atoms with Gasteiger partial charge in [0, 0.05) is 26.1 Å². The fourth-order valence-corrected chi connectivity index (χ4v) is 1.81. The summed E-state index contributed by atoms with van der Waals surface area (Å²) in [6.45, 7) is 12.6. The van der Waals surface area contributed by atoms with Crippen LogP contribution in [0.5, 0.6) is 0 Å². The molecule has 4 heteroatoms. The van der Waals surface area contributed by atoms with E-state index in [4.69, 9.17) is 14.2 Å². The molecule has 0 rings (SSSR count). The largest absolute Gasteiger partial charge is 0.379 e. The van der Waals surface area contributed by atoms with Crippen LogP contribution in [0, 0.1) is 11.8 Å². The average molecular weight is 316 g/mol. The molecule has 0 radical (unpaired) electrons. The summed E-state index contributed by atoms with van der Waals surface area (Å²) >= 11 is 0. The first kappa shape index (κ1) is 21.6. The lowest BCUT2D eigenvalue weighted by molar-refractivity contribution is -0.119. The zero-order valence-electron chi connectivity index (χ0n) is 15.1. The van der Waals surface area contributed by atoms with E-state index >= 15 is 0 Å². The van der Waals surface area contributed by atoms with E-state index in [9.17, 15) is 4.79 Å². The van der Waals surface area contributed by atoms with Crippen LogP contribution in [0.3, 0.4) is 0 Å². The van der Waals surface area contributed by atoms with Crippen molar-refractivity contribution in [1.29, 1.82) is 0 Å². The van der Waals surface area contributed by atoms with Crippen molar-refractivity contribution in [2.24, 2.45) is 11.8 Å². The standard InChI is InChI=1S/C18H36O4/c1-16(2)7-8-18(19)6-5-10-20-12-14-22-15-13-21-11-9-17(3)4/h16-17H,5-15H2,1-4H3. The summed E-state index contributed by atoms with van der Waals surface area (Å²) in [5.41, 5.74) is 0. The van der Waals surface area contributed by atoms with Crippen molar-refractivity contribution in [2.45, 2.75) is 59.8 Å². The first-order valence-corrected chi connectivity index (χ1v) is 8.77. The SMILES string of the molecule is CC(C)CCOCCOCCOCCCC(=O)CCC(C)C. The van der Waals surface area contributed by atoms with Gasteiger partial charge >= 0.3 is 0 Å². The molecule has 132 valence electrons. The third-order valence-electron chi connectivity index (χ3n) is 3.33. The van der Waals surface area contributed by atoms with Gasteiger partial charge in [0.05, 0.1) is 26.4 Å². The Morgan fingerprint density at radius 2 is 1.18 bits per heavy atom. The number of carbonyl (C=O) groups is 1. The van der Waals surface area contributed by atoms with Gasteiger partial charge in [0.1, 0.15) is 5.78 Å². The van der Waals surface area contributed by atoms with Crippen LogP contribution >= 0.6 is 0 Å². The molecule has 0 saturated heterocycles. The molecule has 0 saturated carbocycles. The van der Waals surface area contributed by atoms with Crippen molar-refractivity contribution < 1.29 is 19.0 Å². The van der Waals surface area contributed by atoms with Gasteiger partial charge in [-0.05, 0) is 31.1 Å². The van der Waals surface area contributed by atoms with Crippen molar-refractivity contribution >= 4 is 5.78 Å². The molecule has 0 spiro atoms. The van der Waals surface area contributed by atoms with Gasteiger partial charge in [-0.1, -0.05) is 27.7 Å².